The van der Waals surface area contributed by atoms with Crippen molar-refractivity contribution in [2.45, 2.75) is 30.8 Å². The molecule has 0 saturated carbocycles. The Balaban J connectivity index is 1.62. The lowest BCUT2D eigenvalue weighted by Crippen LogP contribution is -2.28. The minimum absolute atomic E-state index is 0.300. The summed E-state index contributed by atoms with van der Waals surface area (Å²) in [7, 11) is 1.65. The number of benzene rings is 3. The average Bonchev–Trinajstić information content (AvgIpc) is 3.27. The Morgan fingerprint density at radius 2 is 1.77 bits per heavy atom. The SMILES string of the molecule is COc1cccc(CSc2nnc(C(C)NC(=O)c3cc(Cl)cc(Cl)c3)n2-c2ccc(C)cc2)c1. The van der Waals surface area contributed by atoms with Crippen LogP contribution in [0.15, 0.2) is 71.9 Å². The van der Waals surface area contributed by atoms with E-state index >= 15 is 0 Å². The third-order valence-corrected chi connectivity index (χ3v) is 6.75. The van der Waals surface area contributed by atoms with Gasteiger partial charge < -0.3 is 10.1 Å². The number of amides is 1. The molecular formula is C26H24Cl2N4O2S. The van der Waals surface area contributed by atoms with Crippen LogP contribution < -0.4 is 10.1 Å². The van der Waals surface area contributed by atoms with Crippen molar-refractivity contribution in [3.8, 4) is 11.4 Å². The number of thioether (sulfide) groups is 1. The van der Waals surface area contributed by atoms with E-state index in [1.807, 2.05) is 66.9 Å². The summed E-state index contributed by atoms with van der Waals surface area (Å²) in [6, 6.07) is 20.3. The van der Waals surface area contributed by atoms with Crippen molar-refractivity contribution >= 4 is 40.9 Å². The van der Waals surface area contributed by atoms with Gasteiger partial charge in [0.2, 0.25) is 0 Å². The van der Waals surface area contributed by atoms with Crippen LogP contribution in [0.1, 0.15) is 40.3 Å². The second-order valence-electron chi connectivity index (χ2n) is 8.01. The van der Waals surface area contributed by atoms with Crippen LogP contribution in [0.4, 0.5) is 0 Å². The number of rotatable bonds is 8. The number of nitrogens with one attached hydrogen (secondary N) is 1. The van der Waals surface area contributed by atoms with E-state index < -0.39 is 6.04 Å². The molecule has 1 N–H and O–H groups in total. The highest BCUT2D eigenvalue weighted by Crippen LogP contribution is 2.29. The van der Waals surface area contributed by atoms with E-state index in [2.05, 4.69) is 15.5 Å². The van der Waals surface area contributed by atoms with Gasteiger partial charge in [0, 0.05) is 27.0 Å². The number of carbonyl (C=O) groups excluding carboxylic acids is 1. The van der Waals surface area contributed by atoms with Crippen LogP contribution in [-0.4, -0.2) is 27.8 Å². The maximum absolute atomic E-state index is 12.9. The Kier molecular flexibility index (Phi) is 8.00. The Morgan fingerprint density at radius 3 is 2.46 bits per heavy atom. The minimum Gasteiger partial charge on any atom is -0.497 e. The Bertz CT molecular complexity index is 1320. The second-order valence-corrected chi connectivity index (χ2v) is 9.82. The lowest BCUT2D eigenvalue weighted by Gasteiger charge is -2.17. The maximum atomic E-state index is 12.9. The lowest BCUT2D eigenvalue weighted by atomic mass is 10.2. The summed E-state index contributed by atoms with van der Waals surface area (Å²) in [5.74, 6) is 1.80. The van der Waals surface area contributed by atoms with Crippen LogP contribution in [0.3, 0.4) is 0 Å². The number of aromatic nitrogens is 3. The minimum atomic E-state index is -0.430. The van der Waals surface area contributed by atoms with Crippen LogP contribution in [-0.2, 0) is 5.75 Å². The standard InChI is InChI=1S/C26H24Cl2N4O2S/c1-16-7-9-22(10-8-16)32-24(17(2)29-25(33)19-12-20(27)14-21(28)13-19)30-31-26(32)35-15-18-5-4-6-23(11-18)34-3/h4-14,17H,15H2,1-3H3,(H,29,33). The van der Waals surface area contributed by atoms with Crippen molar-refractivity contribution in [1.29, 1.82) is 0 Å². The molecule has 0 fully saturated rings. The van der Waals surface area contributed by atoms with Gasteiger partial charge in [-0.15, -0.1) is 10.2 Å². The van der Waals surface area contributed by atoms with Crippen molar-refractivity contribution < 1.29 is 9.53 Å². The number of ether oxygens (including phenoxy) is 1. The summed E-state index contributed by atoms with van der Waals surface area (Å²) in [4.78, 5) is 12.9. The van der Waals surface area contributed by atoms with E-state index in [4.69, 9.17) is 27.9 Å². The van der Waals surface area contributed by atoms with Crippen molar-refractivity contribution in [3.63, 3.8) is 0 Å². The average molecular weight is 527 g/mol. The molecule has 4 aromatic rings. The second kappa shape index (κ2) is 11.2. The predicted octanol–water partition coefficient (Wildman–Crippen LogP) is 6.67. The maximum Gasteiger partial charge on any atom is 0.251 e. The smallest absolute Gasteiger partial charge is 0.251 e. The van der Waals surface area contributed by atoms with Gasteiger partial charge in [0.05, 0.1) is 13.2 Å². The van der Waals surface area contributed by atoms with Crippen LogP contribution in [0.2, 0.25) is 10.0 Å². The molecule has 1 amide bonds. The van der Waals surface area contributed by atoms with Crippen molar-refractivity contribution in [2.75, 3.05) is 7.11 Å². The number of methoxy groups -OCH3 is 1. The monoisotopic (exact) mass is 526 g/mol. The van der Waals surface area contributed by atoms with Crippen LogP contribution >= 0.6 is 35.0 Å². The van der Waals surface area contributed by atoms with Crippen LogP contribution in [0.5, 0.6) is 5.75 Å². The molecule has 35 heavy (non-hydrogen) atoms. The normalized spacial score (nSPS) is 11.8. The zero-order valence-corrected chi connectivity index (χ0v) is 21.8. The zero-order chi connectivity index (χ0) is 24.9. The van der Waals surface area contributed by atoms with E-state index in [0.717, 1.165) is 27.7 Å². The number of halogens is 2. The number of nitrogens with zero attached hydrogens (tertiary/aromatic N) is 3. The van der Waals surface area contributed by atoms with Crippen molar-refractivity contribution in [2.24, 2.45) is 0 Å². The first-order valence-electron chi connectivity index (χ1n) is 10.9. The zero-order valence-electron chi connectivity index (χ0n) is 19.5. The molecule has 0 aliphatic carbocycles. The van der Waals surface area contributed by atoms with Crippen molar-refractivity contribution in [1.82, 2.24) is 20.1 Å². The van der Waals surface area contributed by atoms with Gasteiger partial charge in [-0.3, -0.25) is 9.36 Å². The summed E-state index contributed by atoms with van der Waals surface area (Å²) >= 11 is 13.7. The Hall–Kier alpha value is -3.00. The highest BCUT2D eigenvalue weighted by molar-refractivity contribution is 7.98. The number of carbonyl (C=O) groups is 1. The molecule has 180 valence electrons. The van der Waals surface area contributed by atoms with Gasteiger partial charge >= 0.3 is 0 Å². The van der Waals surface area contributed by atoms with Crippen LogP contribution in [0.25, 0.3) is 5.69 Å². The summed E-state index contributed by atoms with van der Waals surface area (Å²) in [6.07, 6.45) is 0. The molecule has 1 atom stereocenters. The van der Waals surface area contributed by atoms with E-state index in [1.54, 1.807) is 37.1 Å². The highest BCUT2D eigenvalue weighted by Gasteiger charge is 2.22. The molecule has 4 rings (SSSR count). The van der Waals surface area contributed by atoms with Gasteiger partial charge in [-0.05, 0) is 61.9 Å². The van der Waals surface area contributed by atoms with Gasteiger partial charge in [0.1, 0.15) is 5.75 Å². The Morgan fingerprint density at radius 1 is 1.06 bits per heavy atom. The topological polar surface area (TPSA) is 69.0 Å². The van der Waals surface area contributed by atoms with Gasteiger partial charge in [-0.1, -0.05) is 64.8 Å². The predicted molar refractivity (Wildman–Crippen MR) is 141 cm³/mol. The van der Waals surface area contributed by atoms with E-state index in [1.165, 1.54) is 0 Å². The fraction of sp³-hybridized carbons (Fsp3) is 0.192. The molecular weight excluding hydrogens is 503 g/mol. The molecule has 3 aromatic carbocycles. The Labute approximate surface area is 218 Å². The molecule has 0 aliphatic rings. The summed E-state index contributed by atoms with van der Waals surface area (Å²) < 4.78 is 7.31. The molecule has 0 spiro atoms. The summed E-state index contributed by atoms with van der Waals surface area (Å²) in [6.45, 7) is 3.91. The van der Waals surface area contributed by atoms with Crippen molar-refractivity contribution in [3.05, 3.63) is 99.3 Å². The number of hydrogen-bond acceptors (Lipinski definition) is 5. The van der Waals surface area contributed by atoms with Gasteiger partial charge in [-0.25, -0.2) is 0 Å². The van der Waals surface area contributed by atoms with Crippen LogP contribution in [0, 0.1) is 6.92 Å². The quantitative estimate of drug-likeness (QED) is 0.259. The lowest BCUT2D eigenvalue weighted by molar-refractivity contribution is 0.0938. The fourth-order valence-corrected chi connectivity index (χ4v) is 4.96. The number of hydrogen-bond donors (Lipinski definition) is 1. The molecule has 9 heteroatoms. The van der Waals surface area contributed by atoms with Gasteiger partial charge in [0.15, 0.2) is 11.0 Å². The first-order chi connectivity index (χ1) is 16.8. The molecule has 1 unspecified atom stereocenters. The highest BCUT2D eigenvalue weighted by atomic mass is 35.5. The van der Waals surface area contributed by atoms with Gasteiger partial charge in [-0.2, -0.15) is 0 Å². The third-order valence-electron chi connectivity index (χ3n) is 5.31. The molecule has 1 aromatic heterocycles. The van der Waals surface area contributed by atoms with E-state index in [-0.39, 0.29) is 5.91 Å². The fourth-order valence-electron chi connectivity index (χ4n) is 3.53. The first kappa shape index (κ1) is 25.1. The largest absolute Gasteiger partial charge is 0.497 e. The van der Waals surface area contributed by atoms with Gasteiger partial charge in [0.25, 0.3) is 5.91 Å². The molecule has 0 radical (unpaired) electrons. The number of aryl methyl sites for hydroxylation is 1. The molecule has 1 heterocycles. The molecule has 0 saturated heterocycles. The third kappa shape index (κ3) is 6.17. The molecule has 0 bridgehead atoms. The summed E-state index contributed by atoms with van der Waals surface area (Å²) in [5.41, 5.74) is 3.54. The van der Waals surface area contributed by atoms with E-state index in [9.17, 15) is 4.79 Å². The first-order valence-corrected chi connectivity index (χ1v) is 12.6. The van der Waals surface area contributed by atoms with E-state index in [0.29, 0.717) is 27.2 Å². The molecule has 6 nitrogen and oxygen atoms in total. The molecule has 0 aliphatic heterocycles. The summed E-state index contributed by atoms with van der Waals surface area (Å²) in [5, 5.41) is 13.4.